The lowest BCUT2D eigenvalue weighted by molar-refractivity contribution is 0.590. The summed E-state index contributed by atoms with van der Waals surface area (Å²) in [6.45, 7) is 13.6. The highest BCUT2D eigenvalue weighted by Crippen LogP contribution is 2.54. The molecule has 78 heavy (non-hydrogen) atoms. The van der Waals surface area contributed by atoms with Gasteiger partial charge in [-0.05, 0) is 152 Å². The summed E-state index contributed by atoms with van der Waals surface area (Å²) in [6.07, 6.45) is 0. The van der Waals surface area contributed by atoms with E-state index in [0.717, 1.165) is 51.2 Å². The fourth-order valence-electron chi connectivity index (χ4n) is 13.0. The minimum atomic E-state index is -0.105. The molecule has 0 N–H and O–H groups in total. The Morgan fingerprint density at radius 2 is 0.872 bits per heavy atom. The number of aromatic nitrogens is 1. The van der Waals surface area contributed by atoms with Crippen molar-refractivity contribution in [3.05, 3.63) is 254 Å². The van der Waals surface area contributed by atoms with Crippen molar-refractivity contribution in [1.82, 2.24) is 4.57 Å². The molecule has 4 heterocycles. The Hall–Kier alpha value is -9.26. The van der Waals surface area contributed by atoms with Crippen LogP contribution in [0.2, 0.25) is 0 Å². The molecule has 0 spiro atoms. The number of hydrogen-bond donors (Lipinski definition) is 0. The third-order valence-electron chi connectivity index (χ3n) is 16.7. The lowest BCUT2D eigenvalue weighted by Crippen LogP contribution is -2.61. The van der Waals surface area contributed by atoms with Crippen LogP contribution in [0, 0.1) is 0 Å². The number of para-hydroxylation sites is 5. The summed E-state index contributed by atoms with van der Waals surface area (Å²) in [5.74, 6) is 0. The van der Waals surface area contributed by atoms with Gasteiger partial charge < -0.3 is 24.2 Å². The van der Waals surface area contributed by atoms with Crippen LogP contribution >= 0.6 is 0 Å². The van der Waals surface area contributed by atoms with E-state index in [2.05, 4.69) is 308 Å². The molecule has 0 fully saturated rings. The maximum atomic E-state index is 2.61. The lowest BCUT2D eigenvalue weighted by atomic mass is 9.33. The number of rotatable bonds is 7. The second kappa shape index (κ2) is 17.1. The van der Waals surface area contributed by atoms with Crippen molar-refractivity contribution in [3.63, 3.8) is 0 Å². The molecule has 3 aliphatic heterocycles. The molecular formula is C72H58BN5. The highest BCUT2D eigenvalue weighted by Gasteiger charge is 2.47. The summed E-state index contributed by atoms with van der Waals surface area (Å²) < 4.78 is 2.54. The smallest absolute Gasteiger partial charge is 0.252 e. The molecule has 0 aliphatic carbocycles. The van der Waals surface area contributed by atoms with E-state index in [9.17, 15) is 0 Å². The molecule has 0 amide bonds. The summed E-state index contributed by atoms with van der Waals surface area (Å²) in [6, 6.07) is 91.0. The van der Waals surface area contributed by atoms with E-state index in [1.54, 1.807) is 0 Å². The summed E-state index contributed by atoms with van der Waals surface area (Å²) in [5.41, 5.74) is 23.6. The van der Waals surface area contributed by atoms with E-state index < -0.39 is 0 Å². The minimum Gasteiger partial charge on any atom is -0.311 e. The van der Waals surface area contributed by atoms with Crippen molar-refractivity contribution in [2.75, 3.05) is 19.6 Å². The van der Waals surface area contributed by atoms with E-state index in [1.165, 1.54) is 82.8 Å². The molecule has 11 aromatic carbocycles. The van der Waals surface area contributed by atoms with Crippen LogP contribution in [0.3, 0.4) is 0 Å². The Bertz CT molecular complexity index is 4260. The lowest BCUT2D eigenvalue weighted by Gasteiger charge is -2.47. The Kier molecular flexibility index (Phi) is 10.1. The van der Waals surface area contributed by atoms with Crippen LogP contribution < -0.4 is 36.0 Å². The van der Waals surface area contributed by atoms with Crippen LogP contribution in [0.1, 0.15) is 52.7 Å². The van der Waals surface area contributed by atoms with Crippen molar-refractivity contribution in [3.8, 4) is 5.69 Å². The van der Waals surface area contributed by atoms with E-state index >= 15 is 0 Å². The van der Waals surface area contributed by atoms with E-state index in [1.807, 2.05) is 0 Å². The zero-order valence-electron chi connectivity index (χ0n) is 44.9. The third kappa shape index (κ3) is 7.02. The molecule has 3 aliphatic rings. The van der Waals surface area contributed by atoms with E-state index in [4.69, 9.17) is 0 Å². The fourth-order valence-corrected chi connectivity index (χ4v) is 13.0. The van der Waals surface area contributed by atoms with Crippen LogP contribution in [0.5, 0.6) is 0 Å². The van der Waals surface area contributed by atoms with Gasteiger partial charge in [0.25, 0.3) is 6.71 Å². The molecule has 1 aromatic heterocycles. The largest absolute Gasteiger partial charge is 0.311 e. The van der Waals surface area contributed by atoms with Gasteiger partial charge in [0.15, 0.2) is 0 Å². The van der Waals surface area contributed by atoms with Gasteiger partial charge in [-0.25, -0.2) is 0 Å². The second-order valence-corrected chi connectivity index (χ2v) is 23.5. The summed E-state index contributed by atoms with van der Waals surface area (Å²) in [5, 5.41) is 4.91. The molecule has 0 atom stereocenters. The van der Waals surface area contributed by atoms with Crippen LogP contribution in [0.4, 0.5) is 68.2 Å². The first-order chi connectivity index (χ1) is 38.0. The van der Waals surface area contributed by atoms with Gasteiger partial charge in [0.2, 0.25) is 0 Å². The van der Waals surface area contributed by atoms with Crippen molar-refractivity contribution < 1.29 is 0 Å². The molecule has 0 saturated carbocycles. The summed E-state index contributed by atoms with van der Waals surface area (Å²) >= 11 is 0. The molecule has 12 aromatic rings. The molecule has 0 unspecified atom stereocenters. The van der Waals surface area contributed by atoms with Crippen molar-refractivity contribution >= 4 is 124 Å². The average Bonchev–Trinajstić information content (AvgIpc) is 2.72. The van der Waals surface area contributed by atoms with Crippen LogP contribution in [-0.4, -0.2) is 11.3 Å². The van der Waals surface area contributed by atoms with E-state index in [0.29, 0.717) is 0 Å². The molecule has 0 radical (unpaired) electrons. The van der Waals surface area contributed by atoms with Crippen molar-refractivity contribution in [2.24, 2.45) is 0 Å². The number of anilines is 12. The standard InChI is InChI=1S/C72H58BN5/c1-71(2,3)49-32-37-53(38-33-49)74(54-39-34-50(35-40-54)72(4,5)6)56-41-42-60-65(44-56)76(55-36-31-47-19-13-14-20-48(47)43-55)66-45-57(75(51-21-9-7-10-22-51)52-23-11-8-12-24-52)46-67-68(66)73(60)61-27-18-30-64-70(61)78(67)63-29-17-26-59-58-25-15-16-28-62(58)77(64)69(59)63/h7-46H,1-6H3. The molecule has 5 nitrogen and oxygen atoms in total. The summed E-state index contributed by atoms with van der Waals surface area (Å²) in [7, 11) is 0. The molecular weight excluding hydrogens is 946 g/mol. The van der Waals surface area contributed by atoms with Gasteiger partial charge >= 0.3 is 0 Å². The zero-order valence-corrected chi connectivity index (χ0v) is 44.9. The number of fused-ring (bicyclic) bond motifs is 10. The quantitative estimate of drug-likeness (QED) is 0.148. The average molecular weight is 1000 g/mol. The van der Waals surface area contributed by atoms with Crippen LogP contribution in [-0.2, 0) is 10.8 Å². The van der Waals surface area contributed by atoms with Gasteiger partial charge in [0.05, 0.1) is 33.8 Å². The highest BCUT2D eigenvalue weighted by atomic mass is 15.2. The normalized spacial score (nSPS) is 13.2. The SMILES string of the molecule is CC(C)(C)c1ccc(N(c2ccc(C(C)(C)C)cc2)c2ccc3c(c2)N(c2ccc4ccccc4c2)c2cc(N(c4ccccc4)c4ccccc4)cc4c2B3c2cccc3c2N4c2cccc4c5ccccc5n-3c24)cc1. The predicted molar refractivity (Wildman–Crippen MR) is 333 cm³/mol. The van der Waals surface area contributed by atoms with Gasteiger partial charge in [-0.15, -0.1) is 0 Å². The predicted octanol–water partition coefficient (Wildman–Crippen LogP) is 17.9. The van der Waals surface area contributed by atoms with Crippen LogP contribution in [0.25, 0.3) is 38.3 Å². The Morgan fingerprint density at radius 1 is 0.346 bits per heavy atom. The highest BCUT2D eigenvalue weighted by molar-refractivity contribution is 7.00. The van der Waals surface area contributed by atoms with Crippen molar-refractivity contribution in [2.45, 2.75) is 52.4 Å². The topological polar surface area (TPSA) is 17.9 Å². The van der Waals surface area contributed by atoms with Crippen LogP contribution in [0.15, 0.2) is 243 Å². The first kappa shape index (κ1) is 46.1. The second-order valence-electron chi connectivity index (χ2n) is 23.5. The Labute approximate surface area is 457 Å². The Morgan fingerprint density at radius 3 is 1.54 bits per heavy atom. The van der Waals surface area contributed by atoms with Crippen molar-refractivity contribution in [1.29, 1.82) is 0 Å². The number of nitrogens with zero attached hydrogens (tertiary/aromatic N) is 5. The zero-order chi connectivity index (χ0) is 52.6. The van der Waals surface area contributed by atoms with Gasteiger partial charge in [-0.3, -0.25) is 0 Å². The third-order valence-corrected chi connectivity index (χ3v) is 16.7. The number of hydrogen-bond acceptors (Lipinski definition) is 4. The molecule has 6 heteroatoms. The first-order valence-electron chi connectivity index (χ1n) is 27.5. The van der Waals surface area contributed by atoms with Gasteiger partial charge in [0.1, 0.15) is 0 Å². The monoisotopic (exact) mass is 1000 g/mol. The molecule has 0 saturated heterocycles. The maximum Gasteiger partial charge on any atom is 0.252 e. The minimum absolute atomic E-state index is 0.0142. The van der Waals surface area contributed by atoms with Gasteiger partial charge in [0, 0.05) is 62.0 Å². The van der Waals surface area contributed by atoms with E-state index in [-0.39, 0.29) is 17.5 Å². The number of benzene rings is 11. The van der Waals surface area contributed by atoms with Gasteiger partial charge in [-0.1, -0.05) is 181 Å². The maximum absolute atomic E-state index is 2.61. The Balaban J connectivity index is 1.05. The molecule has 15 rings (SSSR count). The molecule has 0 bridgehead atoms. The fraction of sp³-hybridized carbons (Fsp3) is 0.111. The first-order valence-corrected chi connectivity index (χ1v) is 27.5. The summed E-state index contributed by atoms with van der Waals surface area (Å²) in [4.78, 5) is 10.1. The molecule has 374 valence electrons. The van der Waals surface area contributed by atoms with Gasteiger partial charge in [-0.2, -0.15) is 0 Å².